The summed E-state index contributed by atoms with van der Waals surface area (Å²) >= 11 is 0. The summed E-state index contributed by atoms with van der Waals surface area (Å²) in [5.74, 6) is 2.37. The molecule has 1 aromatic heterocycles. The number of nitrogens with zero attached hydrogens (tertiary/aromatic N) is 1. The van der Waals surface area contributed by atoms with Gasteiger partial charge in [-0.25, -0.2) is 4.79 Å². The van der Waals surface area contributed by atoms with Gasteiger partial charge in [-0.05, 0) is 80.6 Å². The molecule has 6 heteroatoms. The van der Waals surface area contributed by atoms with Crippen molar-refractivity contribution in [2.24, 2.45) is 0 Å². The van der Waals surface area contributed by atoms with Gasteiger partial charge < -0.3 is 18.6 Å². The zero-order valence-electron chi connectivity index (χ0n) is 20.7. The van der Waals surface area contributed by atoms with E-state index in [2.05, 4.69) is 17.0 Å². The van der Waals surface area contributed by atoms with Crippen molar-refractivity contribution in [2.45, 2.75) is 52.5 Å². The molecular weight excluding hydrogens is 430 g/mol. The molecule has 34 heavy (non-hydrogen) atoms. The maximum absolute atomic E-state index is 11.9. The Morgan fingerprint density at radius 3 is 2.41 bits per heavy atom. The van der Waals surface area contributed by atoms with Crippen molar-refractivity contribution in [2.75, 3.05) is 33.9 Å². The van der Waals surface area contributed by atoms with E-state index in [0.29, 0.717) is 17.8 Å². The van der Waals surface area contributed by atoms with Crippen molar-refractivity contribution >= 4 is 11.0 Å². The fraction of sp³-hybridized carbons (Fsp3) is 0.464. The molecule has 1 aliphatic rings. The maximum atomic E-state index is 11.9. The lowest BCUT2D eigenvalue weighted by Gasteiger charge is -2.29. The van der Waals surface area contributed by atoms with Crippen molar-refractivity contribution in [1.82, 2.24) is 4.90 Å². The number of methoxy groups -OCH3 is 2. The van der Waals surface area contributed by atoms with E-state index in [-0.39, 0.29) is 5.63 Å². The molecule has 0 aliphatic carbocycles. The van der Waals surface area contributed by atoms with Crippen molar-refractivity contribution in [3.63, 3.8) is 0 Å². The van der Waals surface area contributed by atoms with Crippen LogP contribution < -0.4 is 19.8 Å². The Bertz CT molecular complexity index is 1200. The average Bonchev–Trinajstić information content (AvgIpc) is 2.85. The van der Waals surface area contributed by atoms with E-state index in [1.54, 1.807) is 21.1 Å². The number of hydrogen-bond acceptors (Lipinski definition) is 6. The molecule has 2 heterocycles. The van der Waals surface area contributed by atoms with Crippen LogP contribution in [0.15, 0.2) is 39.5 Å². The largest absolute Gasteiger partial charge is 0.493 e. The normalized spacial score (nSPS) is 13.6. The minimum atomic E-state index is -0.279. The lowest BCUT2D eigenvalue weighted by molar-refractivity contribution is 0.244. The average molecular weight is 466 g/mol. The Labute approximate surface area is 201 Å². The summed E-state index contributed by atoms with van der Waals surface area (Å²) in [5, 5.41) is 0.961. The first-order valence-corrected chi connectivity index (χ1v) is 12.1. The maximum Gasteiger partial charge on any atom is 0.339 e. The molecular formula is C28H35NO5. The van der Waals surface area contributed by atoms with Crippen LogP contribution in [0.25, 0.3) is 11.0 Å². The van der Waals surface area contributed by atoms with Crippen LogP contribution in [0.1, 0.15) is 47.9 Å². The highest BCUT2D eigenvalue weighted by atomic mass is 16.5. The summed E-state index contributed by atoms with van der Waals surface area (Å²) in [5.41, 5.74) is 4.64. The monoisotopic (exact) mass is 465 g/mol. The molecule has 1 aliphatic heterocycles. The number of ether oxygens (including phenoxy) is 3. The molecule has 0 N–H and O–H groups in total. The second-order valence-electron chi connectivity index (χ2n) is 9.06. The van der Waals surface area contributed by atoms with Crippen LogP contribution in [0.5, 0.6) is 17.2 Å². The number of rotatable bonds is 10. The Morgan fingerprint density at radius 1 is 0.912 bits per heavy atom. The fourth-order valence-electron chi connectivity index (χ4n) is 4.63. The molecule has 6 nitrogen and oxygen atoms in total. The second-order valence-corrected chi connectivity index (χ2v) is 9.06. The van der Waals surface area contributed by atoms with Gasteiger partial charge in [0.25, 0.3) is 0 Å². The van der Waals surface area contributed by atoms with Gasteiger partial charge >= 0.3 is 5.63 Å². The SMILES string of the molecule is COc1cc2c(cc1OC)CN(CCCCCCOc1ccc3c(C)c(C)c(=O)oc3c1)CC2. The summed E-state index contributed by atoms with van der Waals surface area (Å²) in [6.07, 6.45) is 5.56. The first-order chi connectivity index (χ1) is 16.5. The third-order valence-electron chi connectivity index (χ3n) is 6.86. The molecule has 0 amide bonds. The van der Waals surface area contributed by atoms with Gasteiger partial charge in [-0.1, -0.05) is 12.8 Å². The topological polar surface area (TPSA) is 61.1 Å². The van der Waals surface area contributed by atoms with Crippen molar-refractivity contribution in [3.05, 3.63) is 63.0 Å². The highest BCUT2D eigenvalue weighted by molar-refractivity contribution is 5.82. The molecule has 0 saturated heterocycles. The van der Waals surface area contributed by atoms with Gasteiger partial charge in [0.05, 0.1) is 20.8 Å². The highest BCUT2D eigenvalue weighted by Gasteiger charge is 2.19. The second kappa shape index (κ2) is 11.0. The number of benzene rings is 2. The molecule has 0 radical (unpaired) electrons. The third-order valence-corrected chi connectivity index (χ3v) is 6.86. The Morgan fingerprint density at radius 2 is 1.65 bits per heavy atom. The predicted molar refractivity (Wildman–Crippen MR) is 134 cm³/mol. The van der Waals surface area contributed by atoms with Gasteiger partial charge in [-0.2, -0.15) is 0 Å². The smallest absolute Gasteiger partial charge is 0.339 e. The van der Waals surface area contributed by atoms with Crippen molar-refractivity contribution < 1.29 is 18.6 Å². The van der Waals surface area contributed by atoms with Crippen molar-refractivity contribution in [3.8, 4) is 17.2 Å². The van der Waals surface area contributed by atoms with Crippen LogP contribution in [-0.4, -0.2) is 38.8 Å². The van der Waals surface area contributed by atoms with Crippen LogP contribution in [-0.2, 0) is 13.0 Å². The first kappa shape index (κ1) is 24.1. The molecule has 2 aromatic carbocycles. The summed E-state index contributed by atoms with van der Waals surface area (Å²) in [6, 6.07) is 9.99. The number of hydrogen-bond donors (Lipinski definition) is 0. The third kappa shape index (κ3) is 5.39. The fourth-order valence-corrected chi connectivity index (χ4v) is 4.63. The van der Waals surface area contributed by atoms with E-state index in [1.807, 2.05) is 25.1 Å². The lowest BCUT2D eigenvalue weighted by atomic mass is 9.98. The van der Waals surface area contributed by atoms with Gasteiger partial charge in [-0.3, -0.25) is 4.90 Å². The summed E-state index contributed by atoms with van der Waals surface area (Å²) < 4.78 is 22.2. The molecule has 0 saturated carbocycles. The quantitative estimate of drug-likeness (QED) is 0.294. The first-order valence-electron chi connectivity index (χ1n) is 12.1. The summed E-state index contributed by atoms with van der Waals surface area (Å²) in [6.45, 7) is 7.57. The van der Waals surface area contributed by atoms with E-state index in [0.717, 1.165) is 67.1 Å². The van der Waals surface area contributed by atoms with Crippen LogP contribution in [0.2, 0.25) is 0 Å². The standard InChI is InChI=1S/C28H35NO5/c1-19-20(2)28(30)34-25-17-23(9-10-24(19)25)33-14-8-6-5-7-12-29-13-11-21-15-26(31-3)27(32-4)16-22(21)18-29/h9-10,15-17H,5-8,11-14,18H2,1-4H3. The van der Waals surface area contributed by atoms with Gasteiger partial charge in [0.1, 0.15) is 11.3 Å². The van der Waals surface area contributed by atoms with E-state index >= 15 is 0 Å². The summed E-state index contributed by atoms with van der Waals surface area (Å²) in [4.78, 5) is 14.5. The molecule has 4 rings (SSSR count). The molecule has 0 bridgehead atoms. The molecule has 182 valence electrons. The number of fused-ring (bicyclic) bond motifs is 2. The highest BCUT2D eigenvalue weighted by Crippen LogP contribution is 2.33. The Balaban J connectivity index is 1.18. The van der Waals surface area contributed by atoms with Gasteiger partial charge in [0.15, 0.2) is 11.5 Å². The molecule has 3 aromatic rings. The Hall–Kier alpha value is -2.99. The van der Waals surface area contributed by atoms with E-state index in [4.69, 9.17) is 18.6 Å². The predicted octanol–water partition coefficient (Wildman–Crippen LogP) is 5.42. The Kier molecular flexibility index (Phi) is 7.78. The minimum Gasteiger partial charge on any atom is -0.493 e. The van der Waals surface area contributed by atoms with E-state index in [1.165, 1.54) is 24.0 Å². The van der Waals surface area contributed by atoms with Crippen LogP contribution in [0.4, 0.5) is 0 Å². The number of unbranched alkanes of at least 4 members (excludes halogenated alkanes) is 3. The van der Waals surface area contributed by atoms with Gasteiger partial charge in [0.2, 0.25) is 0 Å². The van der Waals surface area contributed by atoms with E-state index < -0.39 is 0 Å². The zero-order valence-corrected chi connectivity index (χ0v) is 20.7. The van der Waals surface area contributed by atoms with Crippen LogP contribution in [0, 0.1) is 13.8 Å². The molecule has 0 unspecified atom stereocenters. The van der Waals surface area contributed by atoms with Crippen molar-refractivity contribution in [1.29, 1.82) is 0 Å². The minimum absolute atomic E-state index is 0.279. The molecule has 0 spiro atoms. The van der Waals surface area contributed by atoms with E-state index in [9.17, 15) is 4.79 Å². The van der Waals surface area contributed by atoms with Gasteiger partial charge in [-0.15, -0.1) is 0 Å². The summed E-state index contributed by atoms with van der Waals surface area (Å²) in [7, 11) is 3.38. The number of aryl methyl sites for hydroxylation is 1. The van der Waals surface area contributed by atoms with Crippen LogP contribution in [0.3, 0.4) is 0 Å². The molecule has 0 atom stereocenters. The van der Waals surface area contributed by atoms with Crippen LogP contribution >= 0.6 is 0 Å². The molecule has 0 fully saturated rings. The zero-order chi connectivity index (χ0) is 24.1. The lowest BCUT2D eigenvalue weighted by Crippen LogP contribution is -2.31. The van der Waals surface area contributed by atoms with Gasteiger partial charge in [0, 0.05) is 30.1 Å².